The van der Waals surface area contributed by atoms with Crippen LogP contribution in [0.5, 0.6) is 0 Å². The lowest BCUT2D eigenvalue weighted by atomic mass is 9.90. The van der Waals surface area contributed by atoms with E-state index >= 15 is 0 Å². The van der Waals surface area contributed by atoms with Crippen molar-refractivity contribution >= 4 is 0 Å². The van der Waals surface area contributed by atoms with E-state index in [-0.39, 0.29) is 6.42 Å². The highest BCUT2D eigenvalue weighted by Gasteiger charge is 2.56. The van der Waals surface area contributed by atoms with Gasteiger partial charge in [-0.2, -0.15) is 0 Å². The van der Waals surface area contributed by atoms with Crippen LogP contribution in [0.4, 0.5) is 0 Å². The van der Waals surface area contributed by atoms with Crippen molar-refractivity contribution in [1.82, 2.24) is 0 Å². The molecule has 2 unspecified atom stereocenters. The first kappa shape index (κ1) is 20.9. The largest absolute Gasteiger partial charge is 0.394 e. The maximum absolute atomic E-state index is 10.3. The van der Waals surface area contributed by atoms with Crippen LogP contribution in [0.1, 0.15) is 13.3 Å². The summed E-state index contributed by atoms with van der Waals surface area (Å²) in [6.45, 7) is 0.171. The number of aliphatic hydroxyl groups is 8. The fraction of sp³-hybridized carbons (Fsp3) is 1.00. The Hall–Kier alpha value is -0.440. The summed E-state index contributed by atoms with van der Waals surface area (Å²) < 4.78 is 16.1. The summed E-state index contributed by atoms with van der Waals surface area (Å²) in [5.41, 5.74) is 0. The van der Waals surface area contributed by atoms with Gasteiger partial charge in [0.05, 0.1) is 13.2 Å². The Morgan fingerprint density at radius 2 is 1.36 bits per heavy atom. The van der Waals surface area contributed by atoms with Crippen LogP contribution >= 0.6 is 0 Å². The van der Waals surface area contributed by atoms with E-state index in [9.17, 15) is 40.9 Å². The van der Waals surface area contributed by atoms with Gasteiger partial charge in [-0.15, -0.1) is 0 Å². The average Bonchev–Trinajstić information content (AvgIpc) is 2.62. The highest BCUT2D eigenvalue weighted by molar-refractivity contribution is 4.98. The molecule has 2 aliphatic rings. The zero-order valence-electron chi connectivity index (χ0n) is 13.6. The van der Waals surface area contributed by atoms with E-state index in [1.54, 1.807) is 0 Å². The van der Waals surface area contributed by atoms with Crippen molar-refractivity contribution in [1.29, 1.82) is 0 Å². The summed E-state index contributed by atoms with van der Waals surface area (Å²) in [4.78, 5) is 0. The number of aliphatic hydroxyl groups excluding tert-OH is 8. The molecule has 2 rings (SSSR count). The summed E-state index contributed by atoms with van der Waals surface area (Å²) in [5.74, 6) is -1.97. The quantitative estimate of drug-likeness (QED) is 0.232. The molecule has 0 spiro atoms. The van der Waals surface area contributed by atoms with Gasteiger partial charge in [0.25, 0.3) is 0 Å². The molecule has 10 atom stereocenters. The molecule has 0 aromatic rings. The van der Waals surface area contributed by atoms with Crippen LogP contribution < -0.4 is 0 Å². The molecule has 8 N–H and O–H groups in total. The summed E-state index contributed by atoms with van der Waals surface area (Å²) in [7, 11) is 0. The molecule has 2 saturated heterocycles. The lowest BCUT2D eigenvalue weighted by molar-refractivity contribution is -0.423. The third-order valence-electron chi connectivity index (χ3n) is 4.69. The first-order chi connectivity index (χ1) is 11.7. The minimum absolute atomic E-state index is 0.0799. The van der Waals surface area contributed by atoms with E-state index in [1.165, 1.54) is 6.92 Å². The number of ether oxygens (including phenoxy) is 3. The third-order valence-corrected chi connectivity index (χ3v) is 4.69. The first-order valence-corrected chi connectivity index (χ1v) is 8.03. The van der Waals surface area contributed by atoms with Gasteiger partial charge in [0.15, 0.2) is 12.1 Å². The molecule has 0 saturated carbocycles. The van der Waals surface area contributed by atoms with E-state index in [1.807, 2.05) is 0 Å². The van der Waals surface area contributed by atoms with Gasteiger partial charge in [0.1, 0.15) is 48.8 Å². The van der Waals surface area contributed by atoms with Crippen LogP contribution in [0.2, 0.25) is 0 Å². The Balaban J connectivity index is 2.24. The Kier molecular flexibility index (Phi) is 6.73. The molecule has 2 aliphatic heterocycles. The van der Waals surface area contributed by atoms with Crippen molar-refractivity contribution in [3.63, 3.8) is 0 Å². The molecular formula is C14H26O11. The van der Waals surface area contributed by atoms with Gasteiger partial charge in [0.2, 0.25) is 0 Å². The molecule has 11 nitrogen and oxygen atoms in total. The van der Waals surface area contributed by atoms with Crippen molar-refractivity contribution in [3.8, 4) is 0 Å². The SMILES string of the molecule is CCC1(OC2O[C@H](CO)[C@@H](O)[C@H](O)[C@H]2O)O[C@H](CO)[C@H](O)[C@H](O)[C@H]1O. The second kappa shape index (κ2) is 8.06. The van der Waals surface area contributed by atoms with Crippen molar-refractivity contribution in [2.45, 2.75) is 74.3 Å². The lowest BCUT2D eigenvalue weighted by Crippen LogP contribution is -2.69. The van der Waals surface area contributed by atoms with Crippen LogP contribution in [-0.2, 0) is 14.2 Å². The predicted molar refractivity (Wildman–Crippen MR) is 77.9 cm³/mol. The maximum atomic E-state index is 10.3. The molecule has 25 heavy (non-hydrogen) atoms. The van der Waals surface area contributed by atoms with Gasteiger partial charge in [-0.25, -0.2) is 0 Å². The second-order valence-electron chi connectivity index (χ2n) is 6.25. The lowest BCUT2D eigenvalue weighted by Gasteiger charge is -2.50. The highest BCUT2D eigenvalue weighted by atomic mass is 16.8. The Morgan fingerprint density at radius 1 is 0.800 bits per heavy atom. The molecule has 148 valence electrons. The summed E-state index contributed by atoms with van der Waals surface area (Å²) in [6, 6.07) is 0. The maximum Gasteiger partial charge on any atom is 0.200 e. The van der Waals surface area contributed by atoms with E-state index in [0.717, 1.165) is 0 Å². The Bertz CT molecular complexity index is 433. The normalized spacial score (nSPS) is 51.5. The number of hydrogen-bond acceptors (Lipinski definition) is 11. The van der Waals surface area contributed by atoms with Crippen molar-refractivity contribution in [2.75, 3.05) is 13.2 Å². The second-order valence-corrected chi connectivity index (χ2v) is 6.25. The van der Waals surface area contributed by atoms with E-state index < -0.39 is 74.1 Å². The van der Waals surface area contributed by atoms with Crippen LogP contribution in [0.25, 0.3) is 0 Å². The van der Waals surface area contributed by atoms with Crippen molar-refractivity contribution < 1.29 is 55.1 Å². The van der Waals surface area contributed by atoms with Crippen molar-refractivity contribution in [3.05, 3.63) is 0 Å². The zero-order chi connectivity index (χ0) is 18.9. The zero-order valence-corrected chi connectivity index (χ0v) is 13.6. The monoisotopic (exact) mass is 370 g/mol. The molecule has 11 heteroatoms. The van der Waals surface area contributed by atoms with Crippen LogP contribution in [0, 0.1) is 0 Å². The minimum atomic E-state index is -1.97. The highest BCUT2D eigenvalue weighted by Crippen LogP contribution is 2.37. The fourth-order valence-electron chi connectivity index (χ4n) is 3.04. The molecule has 2 heterocycles. The minimum Gasteiger partial charge on any atom is -0.394 e. The smallest absolute Gasteiger partial charge is 0.200 e. The molecule has 0 radical (unpaired) electrons. The van der Waals surface area contributed by atoms with Gasteiger partial charge in [-0.3, -0.25) is 0 Å². The molecule has 0 bridgehead atoms. The molecule has 0 aromatic heterocycles. The molecular weight excluding hydrogens is 344 g/mol. The molecule has 0 aliphatic carbocycles. The fourth-order valence-corrected chi connectivity index (χ4v) is 3.04. The van der Waals surface area contributed by atoms with E-state index in [4.69, 9.17) is 14.2 Å². The number of rotatable bonds is 5. The van der Waals surface area contributed by atoms with Crippen LogP contribution in [0.3, 0.4) is 0 Å². The van der Waals surface area contributed by atoms with Crippen molar-refractivity contribution in [2.24, 2.45) is 0 Å². The topological polar surface area (TPSA) is 190 Å². The van der Waals surface area contributed by atoms with E-state index in [0.29, 0.717) is 0 Å². The summed E-state index contributed by atoms with van der Waals surface area (Å²) in [5, 5.41) is 78.2. The summed E-state index contributed by atoms with van der Waals surface area (Å²) >= 11 is 0. The van der Waals surface area contributed by atoms with E-state index in [2.05, 4.69) is 0 Å². The van der Waals surface area contributed by atoms with Gasteiger partial charge in [0, 0.05) is 6.42 Å². The summed E-state index contributed by atoms with van der Waals surface area (Å²) in [6.07, 6.45) is -14.3. The van der Waals surface area contributed by atoms with Gasteiger partial charge < -0.3 is 55.1 Å². The predicted octanol–water partition coefficient (Wildman–Crippen LogP) is -4.62. The Labute approximate surface area is 143 Å². The first-order valence-electron chi connectivity index (χ1n) is 8.03. The standard InChI is InChI=1S/C14H26O11/c1-2-14(12(22)10(20)8(18)6(4-16)24-14)25-13-11(21)9(19)7(17)5(3-15)23-13/h5-13,15-22H,2-4H2,1H3/t5-,6-,7-,8+,9+,10+,11-,12-,13?,14?/m1/s1. The van der Waals surface area contributed by atoms with Gasteiger partial charge in [-0.05, 0) is 0 Å². The van der Waals surface area contributed by atoms with Gasteiger partial charge in [-0.1, -0.05) is 6.92 Å². The molecule has 0 aromatic carbocycles. The Morgan fingerprint density at radius 3 is 1.88 bits per heavy atom. The molecule has 0 amide bonds. The van der Waals surface area contributed by atoms with Crippen LogP contribution in [0.15, 0.2) is 0 Å². The molecule has 2 fully saturated rings. The average molecular weight is 370 g/mol. The van der Waals surface area contributed by atoms with Gasteiger partial charge >= 0.3 is 0 Å². The number of hydrogen-bond donors (Lipinski definition) is 8. The van der Waals surface area contributed by atoms with Crippen LogP contribution in [-0.4, -0.2) is 115 Å². The third kappa shape index (κ3) is 3.68.